The van der Waals surface area contributed by atoms with Crippen molar-refractivity contribution in [1.82, 2.24) is 14.8 Å². The third-order valence-corrected chi connectivity index (χ3v) is 3.04. The topological polar surface area (TPSA) is 49.2 Å². The minimum atomic E-state index is 0.191. The van der Waals surface area contributed by atoms with Crippen molar-refractivity contribution in [1.29, 1.82) is 0 Å². The molecule has 0 spiro atoms. The highest BCUT2D eigenvalue weighted by Gasteiger charge is 2.18. The largest absolute Gasteiger partial charge is 0.497 e. The molecule has 0 N–H and O–H groups in total. The maximum Gasteiger partial charge on any atom is 0.229 e. The fourth-order valence-corrected chi connectivity index (χ4v) is 2.06. The standard InChI is InChI=1S/C13H16ClN3O2/c1-8(2)12-15-16-13(14)17(12)10-7-9(18-3)5-6-11(10)19-4/h5-8H,1-4H3. The molecule has 1 heterocycles. The number of hydrogen-bond acceptors (Lipinski definition) is 4. The Morgan fingerprint density at radius 3 is 2.47 bits per heavy atom. The molecular weight excluding hydrogens is 266 g/mol. The normalized spacial score (nSPS) is 10.8. The molecule has 0 saturated heterocycles. The van der Waals surface area contributed by atoms with E-state index in [0.29, 0.717) is 11.0 Å². The van der Waals surface area contributed by atoms with Crippen molar-refractivity contribution in [2.24, 2.45) is 0 Å². The smallest absolute Gasteiger partial charge is 0.229 e. The molecule has 1 aromatic heterocycles. The maximum absolute atomic E-state index is 6.14. The van der Waals surface area contributed by atoms with Crippen LogP contribution in [0.4, 0.5) is 0 Å². The predicted octanol–water partition coefficient (Wildman–Crippen LogP) is 3.06. The summed E-state index contributed by atoms with van der Waals surface area (Å²) >= 11 is 6.14. The lowest BCUT2D eigenvalue weighted by Gasteiger charge is -2.14. The van der Waals surface area contributed by atoms with Crippen LogP contribution in [0.2, 0.25) is 5.28 Å². The second-order valence-corrected chi connectivity index (χ2v) is 4.69. The van der Waals surface area contributed by atoms with Crippen LogP contribution in [0.1, 0.15) is 25.6 Å². The number of benzene rings is 1. The van der Waals surface area contributed by atoms with Crippen LogP contribution in [0.5, 0.6) is 11.5 Å². The first-order valence-corrected chi connectivity index (χ1v) is 6.29. The van der Waals surface area contributed by atoms with Gasteiger partial charge in [-0.3, -0.25) is 4.57 Å². The minimum absolute atomic E-state index is 0.191. The van der Waals surface area contributed by atoms with E-state index < -0.39 is 0 Å². The molecule has 0 radical (unpaired) electrons. The average Bonchev–Trinajstić information content (AvgIpc) is 2.80. The van der Waals surface area contributed by atoms with Gasteiger partial charge in [0.05, 0.1) is 19.9 Å². The zero-order chi connectivity index (χ0) is 14.0. The highest BCUT2D eigenvalue weighted by molar-refractivity contribution is 6.28. The third kappa shape index (κ3) is 2.51. The van der Waals surface area contributed by atoms with Gasteiger partial charge in [-0.1, -0.05) is 13.8 Å². The highest BCUT2D eigenvalue weighted by atomic mass is 35.5. The van der Waals surface area contributed by atoms with E-state index in [2.05, 4.69) is 10.2 Å². The van der Waals surface area contributed by atoms with E-state index in [1.165, 1.54) is 0 Å². The molecule has 102 valence electrons. The molecule has 0 aliphatic rings. The van der Waals surface area contributed by atoms with Crippen molar-refractivity contribution in [3.63, 3.8) is 0 Å². The molecular formula is C13H16ClN3O2. The SMILES string of the molecule is COc1ccc(OC)c(-n2c(Cl)nnc2C(C)C)c1. The lowest BCUT2D eigenvalue weighted by molar-refractivity contribution is 0.401. The number of aromatic nitrogens is 3. The number of hydrogen-bond donors (Lipinski definition) is 0. The molecule has 0 aliphatic carbocycles. The number of methoxy groups -OCH3 is 2. The number of ether oxygens (including phenoxy) is 2. The second-order valence-electron chi connectivity index (χ2n) is 4.36. The van der Waals surface area contributed by atoms with Crippen LogP contribution in [0.15, 0.2) is 18.2 Å². The zero-order valence-electron chi connectivity index (χ0n) is 11.3. The molecule has 0 aliphatic heterocycles. The van der Waals surface area contributed by atoms with Gasteiger partial charge in [-0.25, -0.2) is 0 Å². The fraction of sp³-hybridized carbons (Fsp3) is 0.385. The summed E-state index contributed by atoms with van der Waals surface area (Å²) < 4.78 is 12.4. The van der Waals surface area contributed by atoms with Crippen molar-refractivity contribution in [2.45, 2.75) is 19.8 Å². The Morgan fingerprint density at radius 2 is 1.89 bits per heavy atom. The van der Waals surface area contributed by atoms with Gasteiger partial charge in [0.25, 0.3) is 0 Å². The van der Waals surface area contributed by atoms with Crippen LogP contribution in [0.25, 0.3) is 5.69 Å². The van der Waals surface area contributed by atoms with E-state index in [0.717, 1.165) is 17.3 Å². The van der Waals surface area contributed by atoms with Gasteiger partial charge in [0.2, 0.25) is 5.28 Å². The van der Waals surface area contributed by atoms with E-state index >= 15 is 0 Å². The number of halogens is 1. The molecule has 0 unspecified atom stereocenters. The summed E-state index contributed by atoms with van der Waals surface area (Å²) in [5.74, 6) is 2.37. The van der Waals surface area contributed by atoms with E-state index in [1.807, 2.05) is 32.0 Å². The van der Waals surface area contributed by atoms with Crippen molar-refractivity contribution in [3.05, 3.63) is 29.3 Å². The van der Waals surface area contributed by atoms with Gasteiger partial charge < -0.3 is 9.47 Å². The molecule has 1 aromatic carbocycles. The summed E-state index contributed by atoms with van der Waals surface area (Å²) in [6.45, 7) is 4.06. The number of nitrogens with zero attached hydrogens (tertiary/aromatic N) is 3. The third-order valence-electron chi connectivity index (χ3n) is 2.79. The number of rotatable bonds is 4. The van der Waals surface area contributed by atoms with Gasteiger partial charge in [0.1, 0.15) is 17.3 Å². The maximum atomic E-state index is 6.14. The fourth-order valence-electron chi connectivity index (χ4n) is 1.84. The van der Waals surface area contributed by atoms with Gasteiger partial charge in [0, 0.05) is 12.0 Å². The van der Waals surface area contributed by atoms with Gasteiger partial charge in [0.15, 0.2) is 0 Å². The summed E-state index contributed by atoms with van der Waals surface area (Å²) in [6, 6.07) is 5.50. The summed E-state index contributed by atoms with van der Waals surface area (Å²) in [5, 5.41) is 8.34. The molecule has 2 rings (SSSR count). The van der Waals surface area contributed by atoms with Gasteiger partial charge in [-0.15, -0.1) is 10.2 Å². The van der Waals surface area contributed by atoms with Crippen LogP contribution < -0.4 is 9.47 Å². The molecule has 0 atom stereocenters. The lowest BCUT2D eigenvalue weighted by atomic mass is 10.2. The minimum Gasteiger partial charge on any atom is -0.497 e. The molecule has 0 fully saturated rings. The van der Waals surface area contributed by atoms with Crippen molar-refractivity contribution < 1.29 is 9.47 Å². The van der Waals surface area contributed by atoms with Crippen LogP contribution in [-0.4, -0.2) is 29.0 Å². The molecule has 2 aromatic rings. The van der Waals surface area contributed by atoms with Crippen LogP contribution in [0, 0.1) is 0 Å². The Kier molecular flexibility index (Phi) is 3.95. The van der Waals surface area contributed by atoms with Gasteiger partial charge in [-0.05, 0) is 23.7 Å². The monoisotopic (exact) mass is 281 g/mol. The predicted molar refractivity (Wildman–Crippen MR) is 73.6 cm³/mol. The van der Waals surface area contributed by atoms with Gasteiger partial charge in [-0.2, -0.15) is 0 Å². The Labute approximate surface area is 117 Å². The van der Waals surface area contributed by atoms with Crippen molar-refractivity contribution in [3.8, 4) is 17.2 Å². The van der Waals surface area contributed by atoms with Crippen molar-refractivity contribution >= 4 is 11.6 Å². The first kappa shape index (κ1) is 13.7. The molecule has 5 nitrogen and oxygen atoms in total. The van der Waals surface area contributed by atoms with E-state index in [-0.39, 0.29) is 5.92 Å². The Bertz CT molecular complexity index is 581. The zero-order valence-corrected chi connectivity index (χ0v) is 12.1. The van der Waals surface area contributed by atoms with E-state index in [4.69, 9.17) is 21.1 Å². The Hall–Kier alpha value is -1.75. The molecule has 0 saturated carbocycles. The van der Waals surface area contributed by atoms with Crippen LogP contribution >= 0.6 is 11.6 Å². The first-order valence-electron chi connectivity index (χ1n) is 5.91. The van der Waals surface area contributed by atoms with E-state index in [1.54, 1.807) is 18.8 Å². The highest BCUT2D eigenvalue weighted by Crippen LogP contribution is 2.32. The summed E-state index contributed by atoms with van der Waals surface area (Å²) in [6.07, 6.45) is 0. The quantitative estimate of drug-likeness (QED) is 0.864. The molecule has 0 bridgehead atoms. The average molecular weight is 282 g/mol. The molecule has 0 amide bonds. The summed E-state index contributed by atoms with van der Waals surface area (Å²) in [4.78, 5) is 0. The van der Waals surface area contributed by atoms with Gasteiger partial charge >= 0.3 is 0 Å². The molecule has 6 heteroatoms. The van der Waals surface area contributed by atoms with Crippen molar-refractivity contribution in [2.75, 3.05) is 14.2 Å². The summed E-state index contributed by atoms with van der Waals surface area (Å²) in [7, 11) is 3.22. The van der Waals surface area contributed by atoms with Crippen LogP contribution in [0.3, 0.4) is 0 Å². The Balaban J connectivity index is 2.66. The second kappa shape index (κ2) is 5.48. The van der Waals surface area contributed by atoms with Crippen LogP contribution in [-0.2, 0) is 0 Å². The van der Waals surface area contributed by atoms with E-state index in [9.17, 15) is 0 Å². The summed E-state index contributed by atoms with van der Waals surface area (Å²) in [5.41, 5.74) is 0.764. The lowest BCUT2D eigenvalue weighted by Crippen LogP contribution is -2.05. The molecule has 19 heavy (non-hydrogen) atoms. The Morgan fingerprint density at radius 1 is 1.16 bits per heavy atom. The first-order chi connectivity index (χ1) is 9.08.